The van der Waals surface area contributed by atoms with E-state index >= 15 is 0 Å². The Bertz CT molecular complexity index is 1030. The molecule has 1 aromatic heterocycles. The van der Waals surface area contributed by atoms with Crippen molar-refractivity contribution in [3.05, 3.63) is 81.1 Å². The number of fused-ring (bicyclic) bond motifs is 1. The van der Waals surface area contributed by atoms with Crippen molar-refractivity contribution in [1.29, 1.82) is 0 Å². The first-order valence-electron chi connectivity index (χ1n) is 8.09. The quantitative estimate of drug-likeness (QED) is 0.609. The zero-order valence-corrected chi connectivity index (χ0v) is 16.5. The molecule has 2 heterocycles. The molecule has 0 spiro atoms. The molecule has 6 nitrogen and oxygen atoms in total. The first kappa shape index (κ1) is 17.8. The van der Waals surface area contributed by atoms with Gasteiger partial charge in [-0.05, 0) is 35.4 Å². The third kappa shape index (κ3) is 3.24. The van der Waals surface area contributed by atoms with E-state index in [0.717, 1.165) is 15.6 Å². The number of anilines is 1. The van der Waals surface area contributed by atoms with E-state index in [2.05, 4.69) is 31.3 Å². The minimum Gasteiger partial charge on any atom is -0.466 e. The Hall–Kier alpha value is -2.64. The van der Waals surface area contributed by atoms with Gasteiger partial charge in [-0.1, -0.05) is 51.8 Å². The number of nitrogens with one attached hydrogen (secondary N) is 1. The third-order valence-electron chi connectivity index (χ3n) is 4.32. The Morgan fingerprint density at radius 2 is 1.89 bits per heavy atom. The lowest BCUT2D eigenvalue weighted by atomic mass is 9.93. The second kappa shape index (κ2) is 7.17. The van der Waals surface area contributed by atoms with Crippen molar-refractivity contribution >= 4 is 45.1 Å². The zero-order valence-electron chi connectivity index (χ0n) is 14.2. The molecule has 0 radical (unpaired) electrons. The summed E-state index contributed by atoms with van der Waals surface area (Å²) in [5.74, 6) is 0.0991. The van der Waals surface area contributed by atoms with Crippen molar-refractivity contribution in [3.8, 4) is 0 Å². The normalized spacial score (nSPS) is 15.9. The van der Waals surface area contributed by atoms with Gasteiger partial charge in [-0.25, -0.2) is 9.48 Å². The fourth-order valence-corrected chi connectivity index (χ4v) is 3.48. The average molecular weight is 446 g/mol. The number of benzene rings is 2. The van der Waals surface area contributed by atoms with Crippen molar-refractivity contribution in [2.45, 2.75) is 6.04 Å². The van der Waals surface area contributed by atoms with Crippen molar-refractivity contribution < 1.29 is 9.53 Å². The van der Waals surface area contributed by atoms with Crippen molar-refractivity contribution in [3.63, 3.8) is 0 Å². The Morgan fingerprint density at radius 1 is 1.19 bits per heavy atom. The molecule has 2 aromatic carbocycles. The molecule has 0 fully saturated rings. The molecule has 27 heavy (non-hydrogen) atoms. The minimum absolute atomic E-state index is 0.443. The van der Waals surface area contributed by atoms with E-state index in [1.54, 1.807) is 16.8 Å². The van der Waals surface area contributed by atoms with E-state index in [1.165, 1.54) is 13.4 Å². The molecule has 0 bridgehead atoms. The molecular weight excluding hydrogens is 432 g/mol. The predicted molar refractivity (Wildman–Crippen MR) is 106 cm³/mol. The first-order chi connectivity index (χ1) is 13.1. The first-order valence-corrected chi connectivity index (χ1v) is 9.26. The van der Waals surface area contributed by atoms with Gasteiger partial charge in [0.1, 0.15) is 12.4 Å². The number of hydrogen-bond acceptors (Lipinski definition) is 5. The molecule has 136 valence electrons. The molecule has 1 aliphatic heterocycles. The van der Waals surface area contributed by atoms with Crippen LogP contribution in [0.5, 0.6) is 0 Å². The van der Waals surface area contributed by atoms with Gasteiger partial charge in [0.05, 0.1) is 18.4 Å². The number of aromatic nitrogens is 3. The number of methoxy groups -OCH3 is 1. The Morgan fingerprint density at radius 3 is 2.56 bits per heavy atom. The number of ether oxygens (including phenoxy) is 1. The number of rotatable bonds is 3. The lowest BCUT2D eigenvalue weighted by Gasteiger charge is -2.29. The highest BCUT2D eigenvalue weighted by Crippen LogP contribution is 2.39. The van der Waals surface area contributed by atoms with Crippen LogP contribution in [0, 0.1) is 0 Å². The molecule has 1 aliphatic rings. The summed E-state index contributed by atoms with van der Waals surface area (Å²) in [6.45, 7) is 0. The van der Waals surface area contributed by atoms with Crippen LogP contribution in [-0.2, 0) is 9.53 Å². The summed E-state index contributed by atoms with van der Waals surface area (Å²) in [6, 6.07) is 14.5. The summed E-state index contributed by atoms with van der Waals surface area (Å²) in [5.41, 5.74) is 2.75. The highest BCUT2D eigenvalue weighted by atomic mass is 79.9. The monoisotopic (exact) mass is 444 g/mol. The van der Waals surface area contributed by atoms with Crippen LogP contribution in [-0.4, -0.2) is 27.8 Å². The van der Waals surface area contributed by atoms with Gasteiger partial charge in [0, 0.05) is 9.50 Å². The van der Waals surface area contributed by atoms with Crippen LogP contribution >= 0.6 is 27.5 Å². The zero-order chi connectivity index (χ0) is 19.0. The summed E-state index contributed by atoms with van der Waals surface area (Å²) < 4.78 is 7.72. The van der Waals surface area contributed by atoms with Gasteiger partial charge in [0.2, 0.25) is 5.95 Å². The molecular formula is C19H14BrClN4O2. The van der Waals surface area contributed by atoms with Crippen LogP contribution in [0.1, 0.15) is 17.2 Å². The molecule has 3 aromatic rings. The van der Waals surface area contributed by atoms with E-state index < -0.39 is 12.0 Å². The standard InChI is InChI=1S/C19H14BrClN4O2/c1-27-18(26)15-16(11-4-8-14(21)9-5-11)24-19-22-10-23-25(19)17(15)12-2-6-13(20)7-3-12/h2-10,17H,1H3,(H,22,23,24)/t17-/m1/s1. The van der Waals surface area contributed by atoms with Crippen molar-refractivity contribution in [2.24, 2.45) is 0 Å². The topological polar surface area (TPSA) is 69.0 Å². The predicted octanol–water partition coefficient (Wildman–Crippen LogP) is 4.29. The number of carbonyl (C=O) groups is 1. The maximum absolute atomic E-state index is 12.8. The van der Waals surface area contributed by atoms with Gasteiger partial charge in [-0.2, -0.15) is 10.1 Å². The molecule has 4 rings (SSSR count). The van der Waals surface area contributed by atoms with Crippen LogP contribution in [0.25, 0.3) is 5.70 Å². The molecule has 1 atom stereocenters. The van der Waals surface area contributed by atoms with E-state index in [0.29, 0.717) is 22.2 Å². The van der Waals surface area contributed by atoms with Gasteiger partial charge in [-0.15, -0.1) is 0 Å². The second-order valence-electron chi connectivity index (χ2n) is 5.89. The number of hydrogen-bond donors (Lipinski definition) is 1. The molecule has 1 N–H and O–H groups in total. The molecule has 0 aliphatic carbocycles. The summed E-state index contributed by atoms with van der Waals surface area (Å²) in [4.78, 5) is 17.1. The van der Waals surface area contributed by atoms with E-state index in [9.17, 15) is 4.79 Å². The molecule has 0 saturated heterocycles. The fourth-order valence-electron chi connectivity index (χ4n) is 3.09. The lowest BCUT2D eigenvalue weighted by Crippen LogP contribution is -2.29. The molecule has 0 saturated carbocycles. The molecule has 8 heteroatoms. The van der Waals surface area contributed by atoms with Crippen molar-refractivity contribution in [2.75, 3.05) is 12.4 Å². The van der Waals surface area contributed by atoms with Crippen LogP contribution in [0.15, 0.2) is 64.9 Å². The smallest absolute Gasteiger partial charge is 0.338 e. The third-order valence-corrected chi connectivity index (χ3v) is 5.10. The Balaban J connectivity index is 1.96. The van der Waals surface area contributed by atoms with Crippen LogP contribution in [0.4, 0.5) is 5.95 Å². The van der Waals surface area contributed by atoms with E-state index in [-0.39, 0.29) is 0 Å². The van der Waals surface area contributed by atoms with Crippen molar-refractivity contribution in [1.82, 2.24) is 14.8 Å². The minimum atomic E-state index is -0.477. The summed E-state index contributed by atoms with van der Waals surface area (Å²) in [6.07, 6.45) is 1.45. The molecule has 0 unspecified atom stereocenters. The maximum Gasteiger partial charge on any atom is 0.338 e. The van der Waals surface area contributed by atoms with Gasteiger partial charge < -0.3 is 10.1 Å². The summed E-state index contributed by atoms with van der Waals surface area (Å²) in [5, 5.41) is 8.13. The Kier molecular flexibility index (Phi) is 4.72. The van der Waals surface area contributed by atoms with Gasteiger partial charge >= 0.3 is 5.97 Å². The Labute approximate surface area is 168 Å². The summed E-state index contributed by atoms with van der Waals surface area (Å²) in [7, 11) is 1.37. The van der Waals surface area contributed by atoms with E-state index in [1.807, 2.05) is 36.4 Å². The van der Waals surface area contributed by atoms with Gasteiger partial charge in [-0.3, -0.25) is 0 Å². The van der Waals surface area contributed by atoms with Gasteiger partial charge in [0.25, 0.3) is 0 Å². The number of carbonyl (C=O) groups excluding carboxylic acids is 1. The highest BCUT2D eigenvalue weighted by Gasteiger charge is 2.35. The average Bonchev–Trinajstić information content (AvgIpc) is 3.15. The lowest BCUT2D eigenvalue weighted by molar-refractivity contribution is -0.136. The van der Waals surface area contributed by atoms with Crippen LogP contribution in [0.3, 0.4) is 0 Å². The largest absolute Gasteiger partial charge is 0.466 e. The maximum atomic E-state index is 12.8. The highest BCUT2D eigenvalue weighted by molar-refractivity contribution is 9.10. The summed E-state index contributed by atoms with van der Waals surface area (Å²) >= 11 is 9.46. The SMILES string of the molecule is COC(=O)C1=C(c2ccc(Cl)cc2)Nc2ncnn2[C@@H]1c1ccc(Br)cc1. The second-order valence-corrected chi connectivity index (χ2v) is 7.25. The van der Waals surface area contributed by atoms with Gasteiger partial charge in [0.15, 0.2) is 0 Å². The number of esters is 1. The molecule has 0 amide bonds. The number of nitrogens with zero attached hydrogens (tertiary/aromatic N) is 3. The van der Waals surface area contributed by atoms with E-state index in [4.69, 9.17) is 16.3 Å². The van der Waals surface area contributed by atoms with Crippen LogP contribution in [0.2, 0.25) is 5.02 Å². The fraction of sp³-hybridized carbons (Fsp3) is 0.105. The van der Waals surface area contributed by atoms with Crippen LogP contribution < -0.4 is 5.32 Å². The number of halogens is 2.